The number of alkyl halides is 6. The minimum absolute atomic E-state index is 0.134. The van der Waals surface area contributed by atoms with E-state index in [9.17, 15) is 22.0 Å². The third kappa shape index (κ3) is 2.74. The molecule has 90 valence electrons. The molecule has 1 rings (SSSR count). The van der Waals surface area contributed by atoms with Crippen molar-refractivity contribution in [2.24, 2.45) is 0 Å². The molecule has 1 aromatic carbocycles. The zero-order chi connectivity index (χ0) is 12.6. The molecule has 0 nitrogen and oxygen atoms in total. The van der Waals surface area contributed by atoms with E-state index in [0.29, 0.717) is 4.47 Å². The maximum absolute atomic E-state index is 12.9. The second-order valence-corrected chi connectivity index (χ2v) is 4.87. The van der Waals surface area contributed by atoms with E-state index in [0.717, 1.165) is 0 Å². The molecule has 0 fully saturated rings. The van der Waals surface area contributed by atoms with Crippen molar-refractivity contribution in [1.82, 2.24) is 0 Å². The summed E-state index contributed by atoms with van der Waals surface area (Å²) in [4.78, 5) is -2.09. The number of halogens is 7. The van der Waals surface area contributed by atoms with Gasteiger partial charge in [0, 0.05) is 4.47 Å². The lowest BCUT2D eigenvalue weighted by Crippen LogP contribution is -2.39. The maximum atomic E-state index is 12.9. The predicted octanol–water partition coefficient (Wildman–Crippen LogP) is 5.08. The second kappa shape index (κ2) is 4.60. The Balaban J connectivity index is 3.02. The summed E-state index contributed by atoms with van der Waals surface area (Å²) >= 11 is 5.44. The zero-order valence-electron chi connectivity index (χ0n) is 7.53. The topological polar surface area (TPSA) is 0 Å². The molecule has 0 saturated heterocycles. The zero-order valence-corrected chi connectivity index (χ0v) is 10.7. The Kier molecular flexibility index (Phi) is 3.99. The number of hydrogen-bond acceptors (Lipinski definition) is 0. The van der Waals surface area contributed by atoms with Gasteiger partial charge in [0.1, 0.15) is 4.83 Å². The maximum Gasteiger partial charge on any atom is 0.454 e. The van der Waals surface area contributed by atoms with E-state index in [2.05, 4.69) is 31.9 Å². The van der Waals surface area contributed by atoms with Gasteiger partial charge in [-0.2, -0.15) is 22.0 Å². The molecule has 0 aliphatic rings. The van der Waals surface area contributed by atoms with E-state index in [1.54, 1.807) is 0 Å². The SMILES string of the molecule is FC(F)(F)C(F)(F)C(Br)c1ccc(Br)cc1. The average Bonchev–Trinajstić information content (AvgIpc) is 2.16. The summed E-state index contributed by atoms with van der Waals surface area (Å²) in [6.07, 6.45) is -5.58. The van der Waals surface area contributed by atoms with Crippen LogP contribution in [0.25, 0.3) is 0 Å². The smallest absolute Gasteiger partial charge is 0.195 e. The highest BCUT2D eigenvalue weighted by Crippen LogP contribution is 2.48. The Labute approximate surface area is 105 Å². The van der Waals surface area contributed by atoms with Crippen LogP contribution in [-0.4, -0.2) is 12.1 Å². The number of benzene rings is 1. The monoisotopic (exact) mass is 366 g/mol. The van der Waals surface area contributed by atoms with Crippen LogP contribution in [0, 0.1) is 0 Å². The minimum Gasteiger partial charge on any atom is -0.195 e. The molecule has 0 radical (unpaired) electrons. The summed E-state index contributed by atoms with van der Waals surface area (Å²) in [7, 11) is 0. The summed E-state index contributed by atoms with van der Waals surface area (Å²) in [6, 6.07) is 5.19. The Morgan fingerprint density at radius 2 is 1.38 bits per heavy atom. The lowest BCUT2D eigenvalue weighted by molar-refractivity contribution is -0.281. The van der Waals surface area contributed by atoms with Gasteiger partial charge in [-0.05, 0) is 17.7 Å². The molecular formula is C9H5Br2F5. The van der Waals surface area contributed by atoms with Crippen molar-refractivity contribution in [3.05, 3.63) is 34.3 Å². The van der Waals surface area contributed by atoms with Gasteiger partial charge in [0.25, 0.3) is 0 Å². The van der Waals surface area contributed by atoms with Crippen molar-refractivity contribution in [2.75, 3.05) is 0 Å². The van der Waals surface area contributed by atoms with Crippen molar-refractivity contribution in [3.8, 4) is 0 Å². The van der Waals surface area contributed by atoms with Gasteiger partial charge in [-0.3, -0.25) is 0 Å². The van der Waals surface area contributed by atoms with Crippen molar-refractivity contribution >= 4 is 31.9 Å². The standard InChI is InChI=1S/C9H5Br2F5/c10-6-3-1-5(2-4-6)7(11)8(12,13)9(14,15)16/h1-4,7H. The fourth-order valence-corrected chi connectivity index (χ4v) is 1.81. The first-order valence-corrected chi connectivity index (χ1v) is 5.71. The third-order valence-corrected chi connectivity index (χ3v) is 3.49. The van der Waals surface area contributed by atoms with Gasteiger partial charge in [0.05, 0.1) is 0 Å². The quantitative estimate of drug-likeness (QED) is 0.505. The highest BCUT2D eigenvalue weighted by atomic mass is 79.9. The van der Waals surface area contributed by atoms with Gasteiger partial charge in [0.2, 0.25) is 0 Å². The molecule has 0 bridgehead atoms. The van der Waals surface area contributed by atoms with Crippen LogP contribution in [0.15, 0.2) is 28.7 Å². The Morgan fingerprint density at radius 1 is 0.938 bits per heavy atom. The first kappa shape index (κ1) is 13.9. The molecular weight excluding hydrogens is 363 g/mol. The van der Waals surface area contributed by atoms with Gasteiger partial charge in [-0.1, -0.05) is 44.0 Å². The first-order chi connectivity index (χ1) is 7.16. The van der Waals surface area contributed by atoms with E-state index in [1.165, 1.54) is 24.3 Å². The normalized spacial score (nSPS) is 14.9. The fourth-order valence-electron chi connectivity index (χ4n) is 0.985. The third-order valence-electron chi connectivity index (χ3n) is 1.86. The molecule has 0 amide bonds. The van der Waals surface area contributed by atoms with E-state index in [-0.39, 0.29) is 5.56 Å². The molecule has 1 aromatic rings. The van der Waals surface area contributed by atoms with Crippen LogP contribution in [0.1, 0.15) is 10.4 Å². The Bertz CT molecular complexity index is 357. The lowest BCUT2D eigenvalue weighted by Gasteiger charge is -2.24. The largest absolute Gasteiger partial charge is 0.454 e. The molecule has 0 saturated carbocycles. The van der Waals surface area contributed by atoms with E-state index >= 15 is 0 Å². The van der Waals surface area contributed by atoms with Gasteiger partial charge >= 0.3 is 12.1 Å². The van der Waals surface area contributed by atoms with Gasteiger partial charge in [0.15, 0.2) is 0 Å². The summed E-state index contributed by atoms with van der Waals surface area (Å²) in [5.74, 6) is -4.80. The predicted molar refractivity (Wildman–Crippen MR) is 56.8 cm³/mol. The van der Waals surface area contributed by atoms with E-state index in [1.807, 2.05) is 0 Å². The molecule has 16 heavy (non-hydrogen) atoms. The van der Waals surface area contributed by atoms with E-state index in [4.69, 9.17) is 0 Å². The van der Waals surface area contributed by atoms with Crippen LogP contribution < -0.4 is 0 Å². The molecule has 0 spiro atoms. The molecule has 0 heterocycles. The molecule has 1 unspecified atom stereocenters. The summed E-state index contributed by atoms with van der Waals surface area (Å²) in [6.45, 7) is 0. The summed E-state index contributed by atoms with van der Waals surface area (Å²) in [5, 5.41) is 0. The second-order valence-electron chi connectivity index (χ2n) is 3.03. The van der Waals surface area contributed by atoms with Crippen LogP contribution in [0.4, 0.5) is 22.0 Å². The van der Waals surface area contributed by atoms with Crippen molar-refractivity contribution in [3.63, 3.8) is 0 Å². The van der Waals surface area contributed by atoms with Crippen LogP contribution in [-0.2, 0) is 0 Å². The first-order valence-electron chi connectivity index (χ1n) is 4.00. The summed E-state index contributed by atoms with van der Waals surface area (Å²) < 4.78 is 62.6. The fraction of sp³-hybridized carbons (Fsp3) is 0.333. The lowest BCUT2D eigenvalue weighted by atomic mass is 10.1. The minimum atomic E-state index is -5.58. The van der Waals surface area contributed by atoms with Crippen LogP contribution in [0.2, 0.25) is 0 Å². The average molecular weight is 368 g/mol. The van der Waals surface area contributed by atoms with Gasteiger partial charge < -0.3 is 0 Å². The van der Waals surface area contributed by atoms with Crippen molar-refractivity contribution in [1.29, 1.82) is 0 Å². The highest BCUT2D eigenvalue weighted by molar-refractivity contribution is 9.10. The number of hydrogen-bond donors (Lipinski definition) is 0. The molecule has 0 aromatic heterocycles. The van der Waals surface area contributed by atoms with Gasteiger partial charge in [-0.25, -0.2) is 0 Å². The Hall–Kier alpha value is -0.170. The van der Waals surface area contributed by atoms with Crippen molar-refractivity contribution < 1.29 is 22.0 Å². The van der Waals surface area contributed by atoms with E-state index < -0.39 is 16.9 Å². The molecule has 0 aliphatic carbocycles. The van der Waals surface area contributed by atoms with Gasteiger partial charge in [-0.15, -0.1) is 0 Å². The highest BCUT2D eigenvalue weighted by Gasteiger charge is 2.62. The van der Waals surface area contributed by atoms with Crippen LogP contribution in [0.5, 0.6) is 0 Å². The molecule has 0 aliphatic heterocycles. The van der Waals surface area contributed by atoms with Crippen LogP contribution >= 0.6 is 31.9 Å². The molecule has 7 heteroatoms. The number of rotatable bonds is 2. The molecule has 0 N–H and O–H groups in total. The van der Waals surface area contributed by atoms with Crippen molar-refractivity contribution in [2.45, 2.75) is 16.9 Å². The Morgan fingerprint density at radius 3 is 1.75 bits per heavy atom. The molecule has 1 atom stereocenters. The summed E-state index contributed by atoms with van der Waals surface area (Å²) in [5.41, 5.74) is -0.134. The van der Waals surface area contributed by atoms with Crippen LogP contribution in [0.3, 0.4) is 0 Å².